The summed E-state index contributed by atoms with van der Waals surface area (Å²) in [5.41, 5.74) is 7.38. The lowest BCUT2D eigenvalue weighted by Crippen LogP contribution is -2.42. The molecule has 43 heavy (non-hydrogen) atoms. The van der Waals surface area contributed by atoms with Gasteiger partial charge in [0.1, 0.15) is 5.82 Å². The number of hydrazine groups is 1. The molecule has 5 rings (SSSR count). The maximum Gasteiger partial charge on any atom is 0.270 e. The fraction of sp³-hybridized carbons (Fsp3) is 0.0645. The highest BCUT2D eigenvalue weighted by molar-refractivity contribution is 8.00. The van der Waals surface area contributed by atoms with E-state index in [1.165, 1.54) is 47.8 Å². The van der Waals surface area contributed by atoms with Crippen LogP contribution >= 0.6 is 23.5 Å². The number of hydrogen-bond acceptors (Lipinski definition) is 7. The summed E-state index contributed by atoms with van der Waals surface area (Å²) in [6.07, 6.45) is 0. The first-order valence-electron chi connectivity index (χ1n) is 13.0. The van der Waals surface area contributed by atoms with Gasteiger partial charge in [0.15, 0.2) is 11.0 Å². The highest BCUT2D eigenvalue weighted by Crippen LogP contribution is 2.28. The van der Waals surface area contributed by atoms with Crippen LogP contribution in [0.4, 0.5) is 10.1 Å². The van der Waals surface area contributed by atoms with Crippen molar-refractivity contribution in [3.05, 3.63) is 121 Å². The summed E-state index contributed by atoms with van der Waals surface area (Å²) in [5, 5.41) is 11.9. The minimum atomic E-state index is -0.529. The molecule has 0 fully saturated rings. The van der Waals surface area contributed by atoms with Crippen LogP contribution in [0, 0.1) is 5.82 Å². The topological polar surface area (TPSA) is 118 Å². The molecule has 1 heterocycles. The Labute approximate surface area is 255 Å². The van der Waals surface area contributed by atoms with Gasteiger partial charge >= 0.3 is 0 Å². The van der Waals surface area contributed by atoms with Crippen LogP contribution in [0.3, 0.4) is 0 Å². The molecule has 0 spiro atoms. The lowest BCUT2D eigenvalue weighted by atomic mass is 10.2. The lowest BCUT2D eigenvalue weighted by molar-refractivity contribution is -0.119. The second-order valence-electron chi connectivity index (χ2n) is 8.97. The Bertz CT molecular complexity index is 1720. The lowest BCUT2D eigenvalue weighted by Gasteiger charge is -2.12. The van der Waals surface area contributed by atoms with E-state index in [0.717, 1.165) is 11.3 Å². The minimum Gasteiger partial charge on any atom is -0.325 e. The van der Waals surface area contributed by atoms with Crippen LogP contribution in [0.25, 0.3) is 17.1 Å². The molecule has 3 N–H and O–H groups in total. The number of aromatic nitrogens is 3. The minimum absolute atomic E-state index is 0.0255. The summed E-state index contributed by atoms with van der Waals surface area (Å²) < 4.78 is 15.0. The Morgan fingerprint density at radius 2 is 1.35 bits per heavy atom. The second kappa shape index (κ2) is 14.3. The van der Waals surface area contributed by atoms with Crippen LogP contribution in [-0.2, 0) is 9.59 Å². The molecular weight excluding hydrogens is 588 g/mol. The van der Waals surface area contributed by atoms with E-state index < -0.39 is 17.6 Å². The summed E-state index contributed by atoms with van der Waals surface area (Å²) in [5.74, 6) is -1.03. The number of rotatable bonds is 10. The molecule has 12 heteroatoms. The zero-order valence-electron chi connectivity index (χ0n) is 22.6. The number of carbonyl (C=O) groups is 3. The van der Waals surface area contributed by atoms with E-state index in [1.54, 1.807) is 24.3 Å². The highest BCUT2D eigenvalue weighted by Gasteiger charge is 2.18. The fourth-order valence-corrected chi connectivity index (χ4v) is 5.56. The molecule has 0 atom stereocenters. The van der Waals surface area contributed by atoms with E-state index in [2.05, 4.69) is 26.4 Å². The van der Waals surface area contributed by atoms with Gasteiger partial charge in [0.2, 0.25) is 11.8 Å². The standard InChI is InChI=1S/C31H25FN6O3S2/c32-22-15-17-23(18-16-22)33-27(39)19-42-26-14-8-7-13-25(26)30(41)36-34-28(40)20-43-31-37-35-29(21-9-3-1-4-10-21)38(31)24-11-5-2-6-12-24/h1-18H,19-20H2,(H,33,39)(H,34,40)(H,36,41). The number of amides is 3. The number of para-hydroxylation sites is 1. The molecule has 1 aromatic heterocycles. The first-order chi connectivity index (χ1) is 21.0. The summed E-state index contributed by atoms with van der Waals surface area (Å²) in [4.78, 5) is 38.5. The molecule has 9 nitrogen and oxygen atoms in total. The van der Waals surface area contributed by atoms with Crippen molar-refractivity contribution < 1.29 is 18.8 Å². The van der Waals surface area contributed by atoms with Crippen molar-refractivity contribution in [3.8, 4) is 17.1 Å². The largest absolute Gasteiger partial charge is 0.325 e. The normalized spacial score (nSPS) is 10.6. The van der Waals surface area contributed by atoms with Crippen molar-refractivity contribution in [2.45, 2.75) is 10.1 Å². The zero-order valence-corrected chi connectivity index (χ0v) is 24.2. The first-order valence-corrected chi connectivity index (χ1v) is 15.0. The van der Waals surface area contributed by atoms with Gasteiger partial charge in [0, 0.05) is 21.8 Å². The van der Waals surface area contributed by atoms with E-state index in [4.69, 9.17) is 0 Å². The van der Waals surface area contributed by atoms with Crippen molar-refractivity contribution >= 4 is 46.9 Å². The van der Waals surface area contributed by atoms with Gasteiger partial charge in [0.25, 0.3) is 5.91 Å². The third-order valence-corrected chi connectivity index (χ3v) is 7.95. The number of nitrogens with zero attached hydrogens (tertiary/aromatic N) is 3. The number of nitrogens with one attached hydrogen (secondary N) is 3. The molecular formula is C31H25FN6O3S2. The Balaban J connectivity index is 1.17. The Morgan fingerprint density at radius 3 is 2.09 bits per heavy atom. The van der Waals surface area contributed by atoms with Gasteiger partial charge in [-0.3, -0.25) is 29.8 Å². The van der Waals surface area contributed by atoms with Gasteiger partial charge < -0.3 is 5.32 Å². The maximum absolute atomic E-state index is 13.1. The van der Waals surface area contributed by atoms with Gasteiger partial charge in [-0.2, -0.15) is 0 Å². The zero-order chi connectivity index (χ0) is 30.0. The summed E-state index contributed by atoms with van der Waals surface area (Å²) in [7, 11) is 0. The van der Waals surface area contributed by atoms with Gasteiger partial charge in [-0.25, -0.2) is 4.39 Å². The van der Waals surface area contributed by atoms with E-state index in [0.29, 0.717) is 27.1 Å². The van der Waals surface area contributed by atoms with Crippen molar-refractivity contribution in [2.24, 2.45) is 0 Å². The van der Waals surface area contributed by atoms with Gasteiger partial charge in [-0.1, -0.05) is 72.4 Å². The van der Waals surface area contributed by atoms with Gasteiger partial charge in [-0.05, 0) is 48.5 Å². The van der Waals surface area contributed by atoms with Crippen LogP contribution in [0.5, 0.6) is 0 Å². The molecule has 216 valence electrons. The average molecular weight is 613 g/mol. The highest BCUT2D eigenvalue weighted by atomic mass is 32.2. The van der Waals surface area contributed by atoms with E-state index in [-0.39, 0.29) is 17.4 Å². The first kappa shape index (κ1) is 29.5. The summed E-state index contributed by atoms with van der Waals surface area (Å²) in [6.45, 7) is 0. The smallest absolute Gasteiger partial charge is 0.270 e. The van der Waals surface area contributed by atoms with Crippen molar-refractivity contribution in [1.82, 2.24) is 25.6 Å². The Hall–Kier alpha value is -4.94. The van der Waals surface area contributed by atoms with Crippen molar-refractivity contribution in [3.63, 3.8) is 0 Å². The molecule has 4 aromatic carbocycles. The molecule has 0 bridgehead atoms. The molecule has 0 aliphatic carbocycles. The third-order valence-electron chi connectivity index (χ3n) is 5.95. The van der Waals surface area contributed by atoms with Crippen LogP contribution in [-0.4, -0.2) is 44.0 Å². The number of benzene rings is 4. The summed E-state index contributed by atoms with van der Waals surface area (Å²) in [6, 6.07) is 31.4. The Kier molecular flexibility index (Phi) is 9.82. The molecule has 0 unspecified atom stereocenters. The van der Waals surface area contributed by atoms with Crippen LogP contribution < -0.4 is 16.2 Å². The number of halogens is 1. The maximum atomic E-state index is 13.1. The van der Waals surface area contributed by atoms with Crippen LogP contribution in [0.2, 0.25) is 0 Å². The predicted molar refractivity (Wildman–Crippen MR) is 165 cm³/mol. The number of carbonyl (C=O) groups excluding carboxylic acids is 3. The van der Waals surface area contributed by atoms with Crippen molar-refractivity contribution in [1.29, 1.82) is 0 Å². The van der Waals surface area contributed by atoms with E-state index in [1.807, 2.05) is 65.2 Å². The van der Waals surface area contributed by atoms with E-state index in [9.17, 15) is 18.8 Å². The Morgan fingerprint density at radius 1 is 0.698 bits per heavy atom. The molecule has 0 aliphatic heterocycles. The fourth-order valence-electron chi connectivity index (χ4n) is 3.96. The number of hydrogen-bond donors (Lipinski definition) is 3. The molecule has 0 saturated heterocycles. The molecule has 5 aromatic rings. The SMILES string of the molecule is O=C(CSc1nnc(-c2ccccc2)n1-c1ccccc1)NNC(=O)c1ccccc1SCC(=O)Nc1ccc(F)cc1. The van der Waals surface area contributed by atoms with Crippen LogP contribution in [0.15, 0.2) is 119 Å². The number of anilines is 1. The molecule has 0 aliphatic rings. The molecule has 0 radical (unpaired) electrons. The second-order valence-corrected chi connectivity index (χ2v) is 10.9. The predicted octanol–water partition coefficient (Wildman–Crippen LogP) is 5.36. The summed E-state index contributed by atoms with van der Waals surface area (Å²) >= 11 is 2.35. The average Bonchev–Trinajstić information content (AvgIpc) is 3.48. The molecule has 0 saturated carbocycles. The van der Waals surface area contributed by atoms with E-state index >= 15 is 0 Å². The number of thioether (sulfide) groups is 2. The van der Waals surface area contributed by atoms with Gasteiger partial charge in [0.05, 0.1) is 17.1 Å². The van der Waals surface area contributed by atoms with Crippen LogP contribution in [0.1, 0.15) is 10.4 Å². The van der Waals surface area contributed by atoms with Crippen molar-refractivity contribution in [2.75, 3.05) is 16.8 Å². The monoisotopic (exact) mass is 612 g/mol. The molecule has 3 amide bonds. The quantitative estimate of drug-likeness (QED) is 0.144. The van der Waals surface area contributed by atoms with Gasteiger partial charge in [-0.15, -0.1) is 22.0 Å². The third kappa shape index (κ3) is 7.87.